The largest absolute Gasteiger partial charge is 0.481 e. The lowest BCUT2D eigenvalue weighted by atomic mass is 9.82. The maximum absolute atomic E-state index is 12.9. The van der Waals surface area contributed by atoms with Gasteiger partial charge in [-0.2, -0.15) is 0 Å². The Balaban J connectivity index is 1.64. The second-order valence-corrected chi connectivity index (χ2v) is 7.37. The monoisotopic (exact) mass is 311 g/mol. The van der Waals surface area contributed by atoms with E-state index < -0.39 is 17.8 Å². The highest BCUT2D eigenvalue weighted by Crippen LogP contribution is 2.72. The molecule has 0 heterocycles. The van der Waals surface area contributed by atoms with Gasteiger partial charge in [-0.3, -0.25) is 9.59 Å². The molecular weight excluding hydrogens is 290 g/mol. The van der Waals surface area contributed by atoms with Gasteiger partial charge in [-0.05, 0) is 61.1 Å². The molecule has 2 N–H and O–H groups in total. The molecule has 4 nitrogen and oxygen atoms in total. The lowest BCUT2D eigenvalue weighted by Gasteiger charge is -2.24. The number of carboxylic acid groups (broad SMARTS) is 1. The zero-order valence-corrected chi connectivity index (χ0v) is 13.4. The van der Waals surface area contributed by atoms with Crippen molar-refractivity contribution < 1.29 is 14.7 Å². The lowest BCUT2D eigenvalue weighted by molar-refractivity contribution is -0.146. The molecule has 0 aromatic heterocycles. The normalized spacial score (nSPS) is 32.3. The minimum atomic E-state index is -0.839. The van der Waals surface area contributed by atoms with E-state index in [1.165, 1.54) is 0 Å². The van der Waals surface area contributed by atoms with Crippen LogP contribution >= 0.6 is 0 Å². The summed E-state index contributed by atoms with van der Waals surface area (Å²) < 4.78 is 0. The third-order valence-corrected chi connectivity index (χ3v) is 6.08. The van der Waals surface area contributed by atoms with Crippen LogP contribution in [0.4, 0.5) is 5.69 Å². The Morgan fingerprint density at radius 2 is 1.78 bits per heavy atom. The van der Waals surface area contributed by atoms with Crippen LogP contribution < -0.4 is 5.32 Å². The van der Waals surface area contributed by atoms with Crippen LogP contribution in [0.2, 0.25) is 0 Å². The molecule has 3 aliphatic rings. The number of aryl methyl sites for hydroxylation is 2. The smallest absolute Gasteiger partial charge is 0.307 e. The van der Waals surface area contributed by atoms with Crippen LogP contribution in [0.15, 0.2) is 30.4 Å². The first-order valence-electron chi connectivity index (χ1n) is 8.23. The highest BCUT2D eigenvalue weighted by Gasteiger charge is 2.70. The summed E-state index contributed by atoms with van der Waals surface area (Å²) in [4.78, 5) is 24.7. The van der Waals surface area contributed by atoms with E-state index in [2.05, 4.69) is 11.4 Å². The van der Waals surface area contributed by atoms with Crippen LogP contribution in [0.25, 0.3) is 0 Å². The van der Waals surface area contributed by atoms with Crippen molar-refractivity contribution in [2.75, 3.05) is 5.32 Å². The van der Waals surface area contributed by atoms with E-state index in [-0.39, 0.29) is 23.2 Å². The molecule has 4 heteroatoms. The molecule has 1 aromatic carbocycles. The average Bonchev–Trinajstić information content (AvgIpc) is 3.16. The van der Waals surface area contributed by atoms with Crippen molar-refractivity contribution in [2.45, 2.75) is 26.7 Å². The van der Waals surface area contributed by atoms with Gasteiger partial charge in [-0.25, -0.2) is 0 Å². The molecule has 2 fully saturated rings. The molecule has 1 spiro atoms. The highest BCUT2D eigenvalue weighted by molar-refractivity contribution is 5.97. The van der Waals surface area contributed by atoms with Gasteiger partial charge in [0.05, 0.1) is 11.8 Å². The summed E-state index contributed by atoms with van der Waals surface area (Å²) in [5.74, 6) is -1.91. The number of carbonyl (C=O) groups excluding carboxylic acids is 1. The van der Waals surface area contributed by atoms with Crippen molar-refractivity contribution in [3.8, 4) is 0 Å². The Hall–Kier alpha value is -2.10. The molecular formula is C19H21NO3. The molecule has 4 rings (SSSR count). The Kier molecular flexibility index (Phi) is 2.96. The number of rotatable bonds is 3. The first-order valence-corrected chi connectivity index (χ1v) is 8.23. The Bertz CT molecular complexity index is 732. The van der Waals surface area contributed by atoms with Gasteiger partial charge in [0.25, 0.3) is 0 Å². The molecule has 23 heavy (non-hydrogen) atoms. The number of amides is 1. The summed E-state index contributed by atoms with van der Waals surface area (Å²) in [6, 6.07) is 5.92. The average molecular weight is 311 g/mol. The Labute approximate surface area is 135 Å². The van der Waals surface area contributed by atoms with E-state index in [1.54, 1.807) is 0 Å². The number of nitrogens with one attached hydrogen (secondary N) is 1. The minimum Gasteiger partial charge on any atom is -0.481 e. The Morgan fingerprint density at radius 1 is 1.13 bits per heavy atom. The third kappa shape index (κ3) is 1.97. The Morgan fingerprint density at radius 3 is 2.39 bits per heavy atom. The van der Waals surface area contributed by atoms with Crippen LogP contribution in [-0.2, 0) is 9.59 Å². The van der Waals surface area contributed by atoms with Crippen LogP contribution in [0.5, 0.6) is 0 Å². The molecule has 4 atom stereocenters. The summed E-state index contributed by atoms with van der Waals surface area (Å²) >= 11 is 0. The fourth-order valence-corrected chi connectivity index (χ4v) is 4.78. The van der Waals surface area contributed by atoms with Crippen molar-refractivity contribution in [1.29, 1.82) is 0 Å². The summed E-state index contributed by atoms with van der Waals surface area (Å²) in [6.45, 7) is 3.93. The van der Waals surface area contributed by atoms with Crippen molar-refractivity contribution in [3.63, 3.8) is 0 Å². The predicted molar refractivity (Wildman–Crippen MR) is 86.9 cm³/mol. The fourth-order valence-electron chi connectivity index (χ4n) is 4.78. The standard InChI is InChI=1S/C19H21NO3/c1-10-3-4-11(2)14(9-10)20-17(21)15-12-5-6-13(16(15)18(22)23)19(12)7-8-19/h3-6,9,12-13,15-16H,7-8H2,1-2H3,(H,20,21)(H,22,23)/t12-,13-,15-,16-/m0/s1. The van der Waals surface area contributed by atoms with Gasteiger partial charge >= 0.3 is 5.97 Å². The number of carboxylic acids is 1. The SMILES string of the molecule is Cc1ccc(C)c(NC(=O)[C@@H]2[C@@H](C(=O)O)[C@@H]3C=C[C@@H]2C32CC2)c1. The highest BCUT2D eigenvalue weighted by atomic mass is 16.4. The van der Waals surface area contributed by atoms with Gasteiger partial charge in [-0.15, -0.1) is 0 Å². The molecule has 2 saturated carbocycles. The number of benzene rings is 1. The number of hydrogen-bond acceptors (Lipinski definition) is 2. The van der Waals surface area contributed by atoms with Crippen LogP contribution in [0, 0.1) is 42.9 Å². The first-order chi connectivity index (χ1) is 10.9. The molecule has 0 radical (unpaired) electrons. The number of anilines is 1. The van der Waals surface area contributed by atoms with Crippen LogP contribution in [0.1, 0.15) is 24.0 Å². The molecule has 0 saturated heterocycles. The zero-order valence-electron chi connectivity index (χ0n) is 13.4. The number of aliphatic carboxylic acids is 1. The van der Waals surface area contributed by atoms with Crippen molar-refractivity contribution in [1.82, 2.24) is 0 Å². The third-order valence-electron chi connectivity index (χ3n) is 6.08. The second-order valence-electron chi connectivity index (χ2n) is 7.37. The summed E-state index contributed by atoms with van der Waals surface area (Å²) in [6.07, 6.45) is 6.22. The van der Waals surface area contributed by atoms with Gasteiger partial charge in [0.15, 0.2) is 0 Å². The van der Waals surface area contributed by atoms with Gasteiger partial charge in [0.2, 0.25) is 5.91 Å². The first kappa shape index (κ1) is 14.5. The van der Waals surface area contributed by atoms with E-state index >= 15 is 0 Å². The summed E-state index contributed by atoms with van der Waals surface area (Å²) in [5.41, 5.74) is 2.92. The van der Waals surface area contributed by atoms with Gasteiger partial charge in [0.1, 0.15) is 0 Å². The number of allylic oxidation sites excluding steroid dienone is 2. The van der Waals surface area contributed by atoms with E-state index in [4.69, 9.17) is 0 Å². The number of hydrogen-bond donors (Lipinski definition) is 2. The lowest BCUT2D eigenvalue weighted by Crippen LogP contribution is -2.36. The van der Waals surface area contributed by atoms with E-state index in [0.29, 0.717) is 0 Å². The van der Waals surface area contributed by atoms with Gasteiger partial charge in [-0.1, -0.05) is 24.3 Å². The van der Waals surface area contributed by atoms with Crippen molar-refractivity contribution >= 4 is 17.6 Å². The molecule has 0 aliphatic heterocycles. The molecule has 1 aromatic rings. The number of carbonyl (C=O) groups is 2. The molecule has 2 bridgehead atoms. The van der Waals surface area contributed by atoms with E-state index in [1.807, 2.05) is 38.1 Å². The topological polar surface area (TPSA) is 66.4 Å². The fraction of sp³-hybridized carbons (Fsp3) is 0.474. The second kappa shape index (κ2) is 4.70. The summed E-state index contributed by atoms with van der Waals surface area (Å²) in [5, 5.41) is 12.7. The predicted octanol–water partition coefficient (Wildman–Crippen LogP) is 3.15. The van der Waals surface area contributed by atoms with Gasteiger partial charge in [0, 0.05) is 5.69 Å². The van der Waals surface area contributed by atoms with E-state index in [9.17, 15) is 14.7 Å². The molecule has 1 amide bonds. The van der Waals surface area contributed by atoms with Crippen molar-refractivity contribution in [2.24, 2.45) is 29.1 Å². The molecule has 3 aliphatic carbocycles. The van der Waals surface area contributed by atoms with E-state index in [0.717, 1.165) is 29.7 Å². The summed E-state index contributed by atoms with van der Waals surface area (Å²) in [7, 11) is 0. The maximum Gasteiger partial charge on any atom is 0.307 e. The minimum absolute atomic E-state index is 0.0272. The molecule has 120 valence electrons. The maximum atomic E-state index is 12.9. The van der Waals surface area contributed by atoms with Crippen LogP contribution in [-0.4, -0.2) is 17.0 Å². The van der Waals surface area contributed by atoms with Crippen molar-refractivity contribution in [3.05, 3.63) is 41.5 Å². The van der Waals surface area contributed by atoms with Gasteiger partial charge < -0.3 is 10.4 Å². The quantitative estimate of drug-likeness (QED) is 0.843. The van der Waals surface area contributed by atoms with Crippen LogP contribution in [0.3, 0.4) is 0 Å². The molecule has 0 unspecified atom stereocenters. The zero-order chi connectivity index (χ0) is 16.4.